The number of nitrogens with zero attached hydrogens (tertiary/aromatic N) is 1. The predicted octanol–water partition coefficient (Wildman–Crippen LogP) is 3.13. The first-order valence-corrected chi connectivity index (χ1v) is 7.42. The molecule has 0 aliphatic carbocycles. The van der Waals surface area contributed by atoms with Crippen molar-refractivity contribution in [2.45, 2.75) is 6.42 Å². The lowest BCUT2D eigenvalue weighted by Gasteiger charge is -2.12. The van der Waals surface area contributed by atoms with Gasteiger partial charge in [0.05, 0.1) is 12.0 Å². The van der Waals surface area contributed by atoms with Crippen LogP contribution >= 0.6 is 12.2 Å². The second-order valence-electron chi connectivity index (χ2n) is 4.75. The Morgan fingerprint density at radius 1 is 1.22 bits per heavy atom. The minimum atomic E-state index is -0.437. The molecule has 2 N–H and O–H groups in total. The highest BCUT2D eigenvalue weighted by Gasteiger charge is 2.05. The van der Waals surface area contributed by atoms with Gasteiger partial charge in [-0.3, -0.25) is 10.1 Å². The number of nitro groups is 1. The quantitative estimate of drug-likeness (QED) is 0.481. The van der Waals surface area contributed by atoms with E-state index in [2.05, 4.69) is 10.6 Å². The Hall–Kier alpha value is -2.67. The lowest BCUT2D eigenvalue weighted by molar-refractivity contribution is -0.384. The smallest absolute Gasteiger partial charge is 0.269 e. The number of nitro benzene ring substituents is 1. The first kappa shape index (κ1) is 16.7. The molecule has 2 aromatic carbocycles. The minimum Gasteiger partial charge on any atom is -0.496 e. The predicted molar refractivity (Wildman–Crippen MR) is 94.0 cm³/mol. The topological polar surface area (TPSA) is 76.4 Å². The van der Waals surface area contributed by atoms with Crippen molar-refractivity contribution >= 4 is 28.7 Å². The first-order valence-electron chi connectivity index (χ1n) is 7.01. The van der Waals surface area contributed by atoms with Crippen molar-refractivity contribution in [2.24, 2.45) is 0 Å². The molecule has 6 nitrogen and oxygen atoms in total. The number of hydrogen-bond donors (Lipinski definition) is 2. The minimum absolute atomic E-state index is 0.0469. The van der Waals surface area contributed by atoms with Crippen molar-refractivity contribution in [3.8, 4) is 5.75 Å². The molecule has 0 saturated carbocycles. The summed E-state index contributed by atoms with van der Waals surface area (Å²) in [6.07, 6.45) is 0.770. The SMILES string of the molecule is COc1ccccc1CCNC(=S)Nc1ccc([N+](=O)[O-])cc1. The number of thiocarbonyl (C=S) groups is 1. The maximum absolute atomic E-state index is 10.6. The fraction of sp³-hybridized carbons (Fsp3) is 0.188. The van der Waals surface area contributed by atoms with E-state index in [4.69, 9.17) is 17.0 Å². The van der Waals surface area contributed by atoms with E-state index in [9.17, 15) is 10.1 Å². The fourth-order valence-corrected chi connectivity index (χ4v) is 2.28. The number of hydrogen-bond acceptors (Lipinski definition) is 4. The van der Waals surface area contributed by atoms with Gasteiger partial charge in [0.25, 0.3) is 5.69 Å². The van der Waals surface area contributed by atoms with Crippen molar-refractivity contribution < 1.29 is 9.66 Å². The standard InChI is InChI=1S/C16H17N3O3S/c1-22-15-5-3-2-4-12(15)10-11-17-16(23)18-13-6-8-14(9-7-13)19(20)21/h2-9H,10-11H2,1H3,(H2,17,18,23). The van der Waals surface area contributed by atoms with E-state index >= 15 is 0 Å². The molecular weight excluding hydrogens is 314 g/mol. The summed E-state index contributed by atoms with van der Waals surface area (Å²) in [5, 5.41) is 17.2. The number of rotatable bonds is 6. The zero-order valence-electron chi connectivity index (χ0n) is 12.6. The Bertz CT molecular complexity index is 689. The third-order valence-electron chi connectivity index (χ3n) is 3.21. The van der Waals surface area contributed by atoms with Crippen LogP contribution in [0.4, 0.5) is 11.4 Å². The Kier molecular flexibility index (Phi) is 5.87. The van der Waals surface area contributed by atoms with Gasteiger partial charge >= 0.3 is 0 Å². The molecule has 0 heterocycles. The van der Waals surface area contributed by atoms with Crippen molar-refractivity contribution in [1.82, 2.24) is 5.32 Å². The highest BCUT2D eigenvalue weighted by atomic mass is 32.1. The van der Waals surface area contributed by atoms with E-state index in [0.29, 0.717) is 17.3 Å². The molecule has 7 heteroatoms. The average molecular weight is 331 g/mol. The van der Waals surface area contributed by atoms with E-state index in [1.807, 2.05) is 24.3 Å². The molecule has 2 aromatic rings. The number of methoxy groups -OCH3 is 1. The zero-order chi connectivity index (χ0) is 16.7. The number of nitrogens with one attached hydrogen (secondary N) is 2. The molecule has 0 aliphatic rings. The van der Waals surface area contributed by atoms with Gasteiger partial charge in [-0.1, -0.05) is 18.2 Å². The van der Waals surface area contributed by atoms with E-state index in [0.717, 1.165) is 17.7 Å². The highest BCUT2D eigenvalue weighted by molar-refractivity contribution is 7.80. The second-order valence-corrected chi connectivity index (χ2v) is 5.15. The molecule has 120 valence electrons. The number of para-hydroxylation sites is 1. The third-order valence-corrected chi connectivity index (χ3v) is 3.45. The molecule has 0 aliphatic heterocycles. The van der Waals surface area contributed by atoms with Crippen LogP contribution in [-0.2, 0) is 6.42 Å². The number of non-ortho nitro benzene ring substituents is 1. The zero-order valence-corrected chi connectivity index (χ0v) is 13.4. The lowest BCUT2D eigenvalue weighted by Crippen LogP contribution is -2.30. The highest BCUT2D eigenvalue weighted by Crippen LogP contribution is 2.17. The number of anilines is 1. The van der Waals surface area contributed by atoms with E-state index in [1.54, 1.807) is 19.2 Å². The molecule has 0 radical (unpaired) electrons. The van der Waals surface area contributed by atoms with Crippen molar-refractivity contribution in [1.29, 1.82) is 0 Å². The summed E-state index contributed by atoms with van der Waals surface area (Å²) >= 11 is 5.21. The summed E-state index contributed by atoms with van der Waals surface area (Å²) in [7, 11) is 1.65. The molecule has 0 fully saturated rings. The second kappa shape index (κ2) is 8.09. The van der Waals surface area contributed by atoms with Gasteiger partial charge in [-0.2, -0.15) is 0 Å². The molecule has 0 bridgehead atoms. The maximum Gasteiger partial charge on any atom is 0.269 e. The van der Waals surface area contributed by atoms with Crippen LogP contribution in [-0.4, -0.2) is 23.7 Å². The molecule has 0 aromatic heterocycles. The van der Waals surface area contributed by atoms with Gasteiger partial charge in [-0.25, -0.2) is 0 Å². The first-order chi connectivity index (χ1) is 11.1. The van der Waals surface area contributed by atoms with E-state index in [1.165, 1.54) is 12.1 Å². The molecule has 2 rings (SSSR count). The normalized spacial score (nSPS) is 9.96. The van der Waals surface area contributed by atoms with Gasteiger partial charge in [0, 0.05) is 24.4 Å². The van der Waals surface area contributed by atoms with Gasteiger partial charge < -0.3 is 15.4 Å². The number of benzene rings is 2. The number of ether oxygens (including phenoxy) is 1. The van der Waals surface area contributed by atoms with Crippen LogP contribution in [0.5, 0.6) is 5.75 Å². The van der Waals surface area contributed by atoms with Gasteiger partial charge in [0.2, 0.25) is 0 Å². The van der Waals surface area contributed by atoms with E-state index < -0.39 is 4.92 Å². The van der Waals surface area contributed by atoms with E-state index in [-0.39, 0.29) is 5.69 Å². The maximum atomic E-state index is 10.6. The summed E-state index contributed by atoms with van der Waals surface area (Å²) in [5.74, 6) is 0.851. The summed E-state index contributed by atoms with van der Waals surface area (Å²) < 4.78 is 5.30. The average Bonchev–Trinajstić information content (AvgIpc) is 2.55. The molecule has 23 heavy (non-hydrogen) atoms. The summed E-state index contributed by atoms with van der Waals surface area (Å²) in [5.41, 5.74) is 1.84. The van der Waals surface area contributed by atoms with Crippen LogP contribution < -0.4 is 15.4 Å². The van der Waals surface area contributed by atoms with Crippen molar-refractivity contribution in [2.75, 3.05) is 19.0 Å². The monoisotopic (exact) mass is 331 g/mol. The molecule has 0 spiro atoms. The van der Waals surface area contributed by atoms with Crippen molar-refractivity contribution in [3.63, 3.8) is 0 Å². The van der Waals surface area contributed by atoms with Crippen LogP contribution in [0.25, 0.3) is 0 Å². The van der Waals surface area contributed by atoms with Gasteiger partial charge in [-0.05, 0) is 42.4 Å². The summed E-state index contributed by atoms with van der Waals surface area (Å²) in [6.45, 7) is 0.652. The molecule has 0 amide bonds. The molecule has 0 saturated heterocycles. The fourth-order valence-electron chi connectivity index (χ4n) is 2.06. The van der Waals surface area contributed by atoms with Gasteiger partial charge in [0.1, 0.15) is 5.75 Å². The molecule has 0 unspecified atom stereocenters. The van der Waals surface area contributed by atoms with Crippen LogP contribution in [0.1, 0.15) is 5.56 Å². The van der Waals surface area contributed by atoms with Gasteiger partial charge in [0.15, 0.2) is 5.11 Å². The Morgan fingerprint density at radius 2 is 1.91 bits per heavy atom. The van der Waals surface area contributed by atoms with Crippen LogP contribution in [0.15, 0.2) is 48.5 Å². The summed E-state index contributed by atoms with van der Waals surface area (Å²) in [4.78, 5) is 10.2. The largest absolute Gasteiger partial charge is 0.496 e. The molecular formula is C16H17N3O3S. The summed E-state index contributed by atoms with van der Waals surface area (Å²) in [6, 6.07) is 13.9. The van der Waals surface area contributed by atoms with Crippen LogP contribution in [0, 0.1) is 10.1 Å². The molecule has 0 atom stereocenters. The lowest BCUT2D eigenvalue weighted by atomic mass is 10.1. The Balaban J connectivity index is 1.82. The van der Waals surface area contributed by atoms with Crippen molar-refractivity contribution in [3.05, 3.63) is 64.2 Å². The Labute approximate surface area is 139 Å². The Morgan fingerprint density at radius 3 is 2.57 bits per heavy atom. The van der Waals surface area contributed by atoms with Crippen LogP contribution in [0.2, 0.25) is 0 Å². The van der Waals surface area contributed by atoms with Crippen LogP contribution in [0.3, 0.4) is 0 Å². The third kappa shape index (κ3) is 4.93. The van der Waals surface area contributed by atoms with Gasteiger partial charge in [-0.15, -0.1) is 0 Å².